The molecule has 0 aliphatic heterocycles. The highest BCUT2D eigenvalue weighted by molar-refractivity contribution is 5.98. The van der Waals surface area contributed by atoms with E-state index in [1.54, 1.807) is 4.90 Å². The van der Waals surface area contributed by atoms with Gasteiger partial charge in [-0.2, -0.15) is 0 Å². The molecule has 130 valence electrons. The molecule has 0 spiro atoms. The van der Waals surface area contributed by atoms with Gasteiger partial charge in [0.05, 0.1) is 6.04 Å². The summed E-state index contributed by atoms with van der Waals surface area (Å²) in [5, 5.41) is 0. The number of hydrogen-bond donors (Lipinski definition) is 0. The van der Waals surface area contributed by atoms with Crippen LogP contribution in [0.3, 0.4) is 0 Å². The summed E-state index contributed by atoms with van der Waals surface area (Å²) in [5.74, 6) is 0.0224. The van der Waals surface area contributed by atoms with Crippen LogP contribution in [0.2, 0.25) is 0 Å². The van der Waals surface area contributed by atoms with Gasteiger partial charge < -0.3 is 9.80 Å². The lowest BCUT2D eigenvalue weighted by molar-refractivity contribution is -0.146. The zero-order chi connectivity index (χ0) is 17.6. The number of nitrogens with zero attached hydrogens (tertiary/aromatic N) is 2. The quantitative estimate of drug-likeness (QED) is 0.779. The molecule has 2 aliphatic rings. The lowest BCUT2D eigenvalue weighted by atomic mass is 9.70. The predicted molar refractivity (Wildman–Crippen MR) is 88.7 cm³/mol. The number of ketones is 1. The molecule has 2 rings (SSSR count). The highest BCUT2D eigenvalue weighted by Crippen LogP contribution is 2.64. The van der Waals surface area contributed by atoms with E-state index in [-0.39, 0.29) is 40.9 Å². The van der Waals surface area contributed by atoms with Crippen molar-refractivity contribution in [2.24, 2.45) is 16.7 Å². The van der Waals surface area contributed by atoms with Crippen molar-refractivity contribution in [1.82, 2.24) is 9.80 Å². The number of amides is 2. The fraction of sp³-hybridized carbons (Fsp3) is 0.833. The smallest absolute Gasteiger partial charge is 0.242 e. The molecule has 5 nitrogen and oxygen atoms in total. The van der Waals surface area contributed by atoms with Gasteiger partial charge in [-0.25, -0.2) is 0 Å². The molecule has 2 bridgehead atoms. The summed E-state index contributed by atoms with van der Waals surface area (Å²) >= 11 is 0. The fourth-order valence-electron chi connectivity index (χ4n) is 4.63. The largest absolute Gasteiger partial charge is 0.342 e. The van der Waals surface area contributed by atoms with E-state index in [0.29, 0.717) is 13.1 Å². The van der Waals surface area contributed by atoms with E-state index >= 15 is 0 Å². The Bertz CT molecular complexity index is 524. The van der Waals surface area contributed by atoms with Crippen LogP contribution < -0.4 is 0 Å². The first-order chi connectivity index (χ1) is 10.6. The molecular formula is C18H30N2O3. The van der Waals surface area contributed by atoms with E-state index in [1.807, 2.05) is 20.8 Å². The van der Waals surface area contributed by atoms with Gasteiger partial charge in [-0.3, -0.25) is 14.4 Å². The summed E-state index contributed by atoms with van der Waals surface area (Å²) in [4.78, 5) is 40.9. The molecule has 0 aromatic rings. The van der Waals surface area contributed by atoms with Crippen molar-refractivity contribution >= 4 is 17.6 Å². The standard InChI is InChI=1S/C18H30N2O3/c1-7-19(8-2)14(22)11-20(12(3)21)15-13-9-10-18(6,16(15)23)17(13,4)5/h13,15H,7-11H2,1-6H3. The number of Topliss-reactive ketones (excluding diaryl/α,β-unsaturated/α-hetero) is 1. The van der Waals surface area contributed by atoms with Crippen molar-refractivity contribution in [2.75, 3.05) is 19.6 Å². The van der Waals surface area contributed by atoms with Gasteiger partial charge in [-0.1, -0.05) is 20.8 Å². The normalized spacial score (nSPS) is 31.3. The summed E-state index contributed by atoms with van der Waals surface area (Å²) in [6.45, 7) is 12.8. The van der Waals surface area contributed by atoms with Crippen molar-refractivity contribution in [3.63, 3.8) is 0 Å². The minimum Gasteiger partial charge on any atom is -0.342 e. The molecule has 0 radical (unpaired) electrons. The van der Waals surface area contributed by atoms with Crippen LogP contribution in [-0.4, -0.2) is 53.1 Å². The van der Waals surface area contributed by atoms with Crippen LogP contribution in [0.1, 0.15) is 54.4 Å². The van der Waals surface area contributed by atoms with E-state index in [1.165, 1.54) is 11.8 Å². The number of hydrogen-bond acceptors (Lipinski definition) is 3. The van der Waals surface area contributed by atoms with E-state index in [2.05, 4.69) is 13.8 Å². The third kappa shape index (κ3) is 2.48. The van der Waals surface area contributed by atoms with E-state index in [4.69, 9.17) is 0 Å². The first-order valence-corrected chi connectivity index (χ1v) is 8.71. The SMILES string of the molecule is CCN(CC)C(=O)CN(C(C)=O)C1C(=O)C2(C)CCC1C2(C)C. The first-order valence-electron chi connectivity index (χ1n) is 8.71. The van der Waals surface area contributed by atoms with Gasteiger partial charge >= 0.3 is 0 Å². The minimum atomic E-state index is -0.444. The van der Waals surface area contributed by atoms with E-state index < -0.39 is 6.04 Å². The summed E-state index contributed by atoms with van der Waals surface area (Å²) in [6, 6.07) is -0.444. The number of carbonyl (C=O) groups is 3. The fourth-order valence-corrected chi connectivity index (χ4v) is 4.63. The Kier molecular flexibility index (Phi) is 4.62. The van der Waals surface area contributed by atoms with Crippen LogP contribution in [0.25, 0.3) is 0 Å². The van der Waals surface area contributed by atoms with Crippen LogP contribution in [0, 0.1) is 16.7 Å². The molecule has 0 aromatic heterocycles. The van der Waals surface area contributed by atoms with Crippen molar-refractivity contribution in [2.45, 2.75) is 60.4 Å². The van der Waals surface area contributed by atoms with E-state index in [9.17, 15) is 14.4 Å². The van der Waals surface area contributed by atoms with Crippen LogP contribution in [0.15, 0.2) is 0 Å². The molecule has 5 heteroatoms. The second-order valence-electron chi connectivity index (χ2n) is 7.72. The monoisotopic (exact) mass is 322 g/mol. The Balaban J connectivity index is 2.28. The van der Waals surface area contributed by atoms with Gasteiger partial charge in [0.25, 0.3) is 0 Å². The molecule has 0 heterocycles. The summed E-state index contributed by atoms with van der Waals surface area (Å²) < 4.78 is 0. The number of likely N-dealkylation sites (N-methyl/N-ethyl adjacent to an activating group) is 1. The minimum absolute atomic E-state index is 0.0100. The molecule has 23 heavy (non-hydrogen) atoms. The predicted octanol–water partition coefficient (Wildman–Crippen LogP) is 2.10. The van der Waals surface area contributed by atoms with Crippen LogP contribution in [0.5, 0.6) is 0 Å². The lowest BCUT2D eigenvalue weighted by Gasteiger charge is -2.35. The lowest BCUT2D eigenvalue weighted by Crippen LogP contribution is -2.52. The van der Waals surface area contributed by atoms with Crippen molar-refractivity contribution in [1.29, 1.82) is 0 Å². The van der Waals surface area contributed by atoms with Gasteiger partial charge in [-0.05, 0) is 38.0 Å². The highest BCUT2D eigenvalue weighted by atomic mass is 16.2. The number of fused-ring (bicyclic) bond motifs is 2. The second kappa shape index (κ2) is 5.91. The van der Waals surface area contributed by atoms with Crippen molar-refractivity contribution < 1.29 is 14.4 Å². The Labute approximate surface area is 139 Å². The Morgan fingerprint density at radius 2 is 1.74 bits per heavy atom. The summed E-state index contributed by atoms with van der Waals surface area (Å²) in [6.07, 6.45) is 1.83. The zero-order valence-electron chi connectivity index (χ0n) is 15.3. The third-order valence-corrected chi connectivity index (χ3v) is 6.66. The maximum absolute atomic E-state index is 13.0. The molecule has 0 saturated heterocycles. The van der Waals surface area contributed by atoms with Gasteiger partial charge in [0.1, 0.15) is 6.54 Å². The molecule has 3 unspecified atom stereocenters. The Morgan fingerprint density at radius 3 is 2.13 bits per heavy atom. The average molecular weight is 322 g/mol. The maximum Gasteiger partial charge on any atom is 0.242 e. The second-order valence-corrected chi connectivity index (χ2v) is 7.72. The van der Waals surface area contributed by atoms with Crippen molar-refractivity contribution in [3.05, 3.63) is 0 Å². The zero-order valence-corrected chi connectivity index (χ0v) is 15.3. The summed E-state index contributed by atoms with van der Waals surface area (Å²) in [7, 11) is 0. The molecule has 2 aliphatic carbocycles. The molecule has 2 saturated carbocycles. The molecule has 3 atom stereocenters. The number of rotatable bonds is 5. The van der Waals surface area contributed by atoms with Crippen LogP contribution >= 0.6 is 0 Å². The maximum atomic E-state index is 13.0. The Morgan fingerprint density at radius 1 is 1.17 bits per heavy atom. The Hall–Kier alpha value is -1.39. The van der Waals surface area contributed by atoms with Gasteiger partial charge in [-0.15, -0.1) is 0 Å². The first kappa shape index (κ1) is 18.0. The number of carbonyl (C=O) groups excluding carboxylic acids is 3. The molecule has 0 aromatic carbocycles. The van der Waals surface area contributed by atoms with Crippen LogP contribution in [-0.2, 0) is 14.4 Å². The van der Waals surface area contributed by atoms with E-state index in [0.717, 1.165) is 12.8 Å². The third-order valence-electron chi connectivity index (χ3n) is 6.66. The summed E-state index contributed by atoms with van der Waals surface area (Å²) in [5.41, 5.74) is -0.505. The van der Waals surface area contributed by atoms with Gasteiger partial charge in [0.2, 0.25) is 11.8 Å². The highest BCUT2D eigenvalue weighted by Gasteiger charge is 2.67. The average Bonchev–Trinajstić information content (AvgIpc) is 2.78. The van der Waals surface area contributed by atoms with Crippen molar-refractivity contribution in [3.8, 4) is 0 Å². The molecule has 2 fully saturated rings. The molecular weight excluding hydrogens is 292 g/mol. The van der Waals surface area contributed by atoms with Gasteiger partial charge in [0.15, 0.2) is 5.78 Å². The molecule has 0 N–H and O–H groups in total. The molecule has 2 amide bonds. The van der Waals surface area contributed by atoms with Gasteiger partial charge in [0, 0.05) is 25.4 Å². The van der Waals surface area contributed by atoms with Crippen LogP contribution in [0.4, 0.5) is 0 Å². The topological polar surface area (TPSA) is 57.7 Å².